The average molecular weight is 355 g/mol. The van der Waals surface area contributed by atoms with Crippen LogP contribution in [0.25, 0.3) is 0 Å². The molecule has 2 unspecified atom stereocenters. The number of rotatable bonds is 4. The van der Waals surface area contributed by atoms with Gasteiger partial charge in [0.1, 0.15) is 0 Å². The second-order valence-electron chi connectivity index (χ2n) is 7.29. The molecule has 25 heavy (non-hydrogen) atoms. The maximum Gasteiger partial charge on any atom is 0.227 e. The summed E-state index contributed by atoms with van der Waals surface area (Å²) in [5, 5.41) is 0.710. The number of carbonyl (C=O) groups is 1. The molecule has 2 aromatic rings. The number of benzene rings is 2. The van der Waals surface area contributed by atoms with Gasteiger partial charge in [-0.3, -0.25) is 9.69 Å². The Balaban J connectivity index is 1.34. The van der Waals surface area contributed by atoms with E-state index >= 15 is 0 Å². The minimum Gasteiger partial charge on any atom is -0.340 e. The number of hydrogen-bond acceptors (Lipinski definition) is 2. The van der Waals surface area contributed by atoms with Crippen molar-refractivity contribution in [2.75, 3.05) is 19.6 Å². The minimum atomic E-state index is 0.229. The predicted octanol–water partition coefficient (Wildman–Crippen LogP) is 3.53. The summed E-state index contributed by atoms with van der Waals surface area (Å²) in [6.07, 6.45) is 0.467. The van der Waals surface area contributed by atoms with Gasteiger partial charge in [0.25, 0.3) is 0 Å². The summed E-state index contributed by atoms with van der Waals surface area (Å²) in [7, 11) is 0. The number of halogens is 1. The van der Waals surface area contributed by atoms with Crippen molar-refractivity contribution in [3.8, 4) is 0 Å². The van der Waals surface area contributed by atoms with E-state index in [0.29, 0.717) is 23.4 Å². The lowest BCUT2D eigenvalue weighted by Crippen LogP contribution is -2.54. The third kappa shape index (κ3) is 3.44. The highest BCUT2D eigenvalue weighted by molar-refractivity contribution is 6.30. The first-order valence-electron chi connectivity index (χ1n) is 8.91. The van der Waals surface area contributed by atoms with E-state index < -0.39 is 0 Å². The maximum atomic E-state index is 12.6. The van der Waals surface area contributed by atoms with Crippen LogP contribution in [0.2, 0.25) is 5.02 Å². The number of hydrogen-bond donors (Lipinski definition) is 0. The highest BCUT2D eigenvalue weighted by Gasteiger charge is 2.46. The normalized spacial score (nSPS) is 22.6. The monoisotopic (exact) mass is 354 g/mol. The Hall–Kier alpha value is -1.84. The largest absolute Gasteiger partial charge is 0.340 e. The van der Waals surface area contributed by atoms with E-state index in [4.69, 9.17) is 11.6 Å². The molecular formula is C21H23ClN2O. The SMILES string of the molecule is Cc1ccccc1CN1CC2CN(C(=O)Cc3ccc(Cl)cc3)CC21. The highest BCUT2D eigenvalue weighted by Crippen LogP contribution is 2.34. The van der Waals surface area contributed by atoms with Crippen LogP contribution in [-0.4, -0.2) is 41.4 Å². The Morgan fingerprint density at radius 3 is 2.60 bits per heavy atom. The van der Waals surface area contributed by atoms with Crippen molar-refractivity contribution in [2.45, 2.75) is 25.9 Å². The summed E-state index contributed by atoms with van der Waals surface area (Å²) in [6, 6.07) is 16.7. The van der Waals surface area contributed by atoms with E-state index in [0.717, 1.165) is 31.7 Å². The molecule has 0 bridgehead atoms. The van der Waals surface area contributed by atoms with E-state index in [2.05, 4.69) is 36.1 Å². The minimum absolute atomic E-state index is 0.229. The number of likely N-dealkylation sites (tertiary alicyclic amines) is 2. The van der Waals surface area contributed by atoms with Gasteiger partial charge in [0.05, 0.1) is 6.42 Å². The lowest BCUT2D eigenvalue weighted by Gasteiger charge is -2.43. The molecule has 0 radical (unpaired) electrons. The van der Waals surface area contributed by atoms with Gasteiger partial charge in [-0.25, -0.2) is 0 Å². The van der Waals surface area contributed by atoms with Crippen LogP contribution in [0.5, 0.6) is 0 Å². The Bertz CT molecular complexity index is 774. The molecule has 130 valence electrons. The number of fused-ring (bicyclic) bond motifs is 1. The molecule has 0 aliphatic carbocycles. The summed E-state index contributed by atoms with van der Waals surface area (Å²) in [5.74, 6) is 0.866. The molecular weight excluding hydrogens is 332 g/mol. The summed E-state index contributed by atoms with van der Waals surface area (Å²) >= 11 is 5.91. The molecule has 2 aliphatic heterocycles. The van der Waals surface area contributed by atoms with E-state index in [1.807, 2.05) is 29.2 Å². The fourth-order valence-electron chi connectivity index (χ4n) is 4.03. The van der Waals surface area contributed by atoms with Crippen molar-refractivity contribution in [1.82, 2.24) is 9.80 Å². The van der Waals surface area contributed by atoms with Crippen molar-refractivity contribution >= 4 is 17.5 Å². The van der Waals surface area contributed by atoms with Gasteiger partial charge in [0.15, 0.2) is 0 Å². The lowest BCUT2D eigenvalue weighted by molar-refractivity contribution is -0.129. The molecule has 3 nitrogen and oxygen atoms in total. The van der Waals surface area contributed by atoms with Crippen molar-refractivity contribution in [3.63, 3.8) is 0 Å². The van der Waals surface area contributed by atoms with E-state index in [-0.39, 0.29) is 5.91 Å². The highest BCUT2D eigenvalue weighted by atomic mass is 35.5. The van der Waals surface area contributed by atoms with Crippen LogP contribution in [-0.2, 0) is 17.8 Å². The zero-order valence-corrected chi connectivity index (χ0v) is 15.2. The Morgan fingerprint density at radius 2 is 1.84 bits per heavy atom. The number of aryl methyl sites for hydroxylation is 1. The van der Waals surface area contributed by atoms with E-state index in [1.54, 1.807) is 0 Å². The summed E-state index contributed by atoms with van der Waals surface area (Å²) < 4.78 is 0. The van der Waals surface area contributed by atoms with Gasteiger partial charge in [0, 0.05) is 43.2 Å². The quantitative estimate of drug-likeness (QED) is 0.838. The average Bonchev–Trinajstić information content (AvgIpc) is 2.93. The number of nitrogens with zero attached hydrogens (tertiary/aromatic N) is 2. The molecule has 4 rings (SSSR count). The van der Waals surface area contributed by atoms with Crippen LogP contribution < -0.4 is 0 Å². The molecule has 4 heteroatoms. The van der Waals surface area contributed by atoms with Crippen molar-refractivity contribution in [2.24, 2.45) is 5.92 Å². The number of carbonyl (C=O) groups excluding carboxylic acids is 1. The maximum absolute atomic E-state index is 12.6. The number of amides is 1. The predicted molar refractivity (Wildman–Crippen MR) is 101 cm³/mol. The van der Waals surface area contributed by atoms with Gasteiger partial charge < -0.3 is 4.90 Å². The summed E-state index contributed by atoms with van der Waals surface area (Å²) in [4.78, 5) is 17.2. The third-order valence-corrected chi connectivity index (χ3v) is 5.85. The van der Waals surface area contributed by atoms with Crippen LogP contribution in [0, 0.1) is 12.8 Å². The second kappa shape index (κ2) is 6.81. The second-order valence-corrected chi connectivity index (χ2v) is 7.72. The van der Waals surface area contributed by atoms with Crippen LogP contribution in [0.3, 0.4) is 0 Å². The van der Waals surface area contributed by atoms with Gasteiger partial charge in [0.2, 0.25) is 5.91 Å². The van der Waals surface area contributed by atoms with E-state index in [9.17, 15) is 4.79 Å². The molecule has 2 heterocycles. The Morgan fingerprint density at radius 1 is 1.08 bits per heavy atom. The van der Waals surface area contributed by atoms with Crippen LogP contribution in [0.1, 0.15) is 16.7 Å². The van der Waals surface area contributed by atoms with Gasteiger partial charge in [-0.05, 0) is 35.7 Å². The van der Waals surface area contributed by atoms with Gasteiger partial charge in [-0.1, -0.05) is 48.0 Å². The zero-order chi connectivity index (χ0) is 17.4. The first kappa shape index (κ1) is 16.6. The summed E-state index contributed by atoms with van der Waals surface area (Å²) in [5.41, 5.74) is 3.77. The first-order chi connectivity index (χ1) is 12.1. The molecule has 0 spiro atoms. The van der Waals surface area contributed by atoms with Gasteiger partial charge in [-0.15, -0.1) is 0 Å². The Kier molecular flexibility index (Phi) is 4.53. The van der Waals surface area contributed by atoms with Gasteiger partial charge in [-0.2, -0.15) is 0 Å². The first-order valence-corrected chi connectivity index (χ1v) is 9.29. The van der Waals surface area contributed by atoms with Crippen LogP contribution >= 0.6 is 11.6 Å². The molecule has 0 saturated carbocycles. The molecule has 2 fully saturated rings. The standard InChI is InChI=1S/C21H23ClN2O/c1-15-4-2-3-5-17(15)11-23-12-18-13-24(14-20(18)23)21(25)10-16-6-8-19(22)9-7-16/h2-9,18,20H,10-14H2,1H3. The van der Waals surface area contributed by atoms with Crippen LogP contribution in [0.15, 0.2) is 48.5 Å². The van der Waals surface area contributed by atoms with Crippen molar-refractivity contribution in [1.29, 1.82) is 0 Å². The smallest absolute Gasteiger partial charge is 0.227 e. The molecule has 2 saturated heterocycles. The zero-order valence-electron chi connectivity index (χ0n) is 14.5. The van der Waals surface area contributed by atoms with Crippen molar-refractivity contribution in [3.05, 3.63) is 70.2 Å². The molecule has 0 N–H and O–H groups in total. The fraction of sp³-hybridized carbons (Fsp3) is 0.381. The van der Waals surface area contributed by atoms with Gasteiger partial charge >= 0.3 is 0 Å². The molecule has 1 amide bonds. The van der Waals surface area contributed by atoms with E-state index in [1.165, 1.54) is 11.1 Å². The molecule has 2 aliphatic rings. The van der Waals surface area contributed by atoms with Crippen molar-refractivity contribution < 1.29 is 4.79 Å². The topological polar surface area (TPSA) is 23.6 Å². The lowest BCUT2D eigenvalue weighted by atomic mass is 9.91. The molecule has 0 aromatic heterocycles. The summed E-state index contributed by atoms with van der Waals surface area (Å²) in [6.45, 7) is 6.03. The molecule has 2 aromatic carbocycles. The molecule has 2 atom stereocenters. The third-order valence-electron chi connectivity index (χ3n) is 5.60. The van der Waals surface area contributed by atoms with Crippen LogP contribution in [0.4, 0.5) is 0 Å². The fourth-order valence-corrected chi connectivity index (χ4v) is 4.15. The Labute approximate surface area is 154 Å².